The summed E-state index contributed by atoms with van der Waals surface area (Å²) < 4.78 is 10.3. The molecule has 0 aliphatic rings. The minimum atomic E-state index is 0.749. The molecule has 0 fully saturated rings. The topological polar surface area (TPSA) is 35.3 Å². The zero-order valence-electron chi connectivity index (χ0n) is 9.05. The highest BCUT2D eigenvalue weighted by Crippen LogP contribution is 2.25. The van der Waals surface area contributed by atoms with Gasteiger partial charge in [0.05, 0.1) is 12.8 Å². The second-order valence-electron chi connectivity index (χ2n) is 3.10. The molecule has 1 rings (SSSR count). The molecule has 3 nitrogen and oxygen atoms in total. The lowest BCUT2D eigenvalue weighted by molar-refractivity contribution is 0.308. The van der Waals surface area contributed by atoms with Crippen molar-refractivity contribution in [3.8, 4) is 0 Å². The normalized spacial score (nSPS) is 12.3. The van der Waals surface area contributed by atoms with Crippen LogP contribution in [0.2, 0.25) is 0 Å². The predicted molar refractivity (Wildman–Crippen MR) is 55.8 cm³/mol. The van der Waals surface area contributed by atoms with Crippen LogP contribution in [0.4, 0.5) is 0 Å². The van der Waals surface area contributed by atoms with Crippen molar-refractivity contribution in [1.29, 1.82) is 0 Å². The first-order valence-electron chi connectivity index (χ1n) is 4.42. The Kier molecular flexibility index (Phi) is 3.12. The zero-order chi connectivity index (χ0) is 10.7. The SMILES string of the molecule is C=CC(OC)=C(C)c1c(C)noc1C. The van der Waals surface area contributed by atoms with Gasteiger partial charge < -0.3 is 9.26 Å². The van der Waals surface area contributed by atoms with Crippen molar-refractivity contribution in [2.24, 2.45) is 0 Å². The summed E-state index contributed by atoms with van der Waals surface area (Å²) in [6.45, 7) is 9.45. The Balaban J connectivity index is 3.29. The summed E-state index contributed by atoms with van der Waals surface area (Å²) in [5.74, 6) is 1.55. The molecule has 0 radical (unpaired) electrons. The minimum Gasteiger partial charge on any atom is -0.496 e. The van der Waals surface area contributed by atoms with E-state index in [1.807, 2.05) is 20.8 Å². The van der Waals surface area contributed by atoms with Crippen LogP contribution < -0.4 is 0 Å². The molecule has 14 heavy (non-hydrogen) atoms. The summed E-state index contributed by atoms with van der Waals surface area (Å²) in [7, 11) is 1.62. The number of methoxy groups -OCH3 is 1. The van der Waals surface area contributed by atoms with E-state index >= 15 is 0 Å². The molecule has 0 N–H and O–H groups in total. The van der Waals surface area contributed by atoms with E-state index in [-0.39, 0.29) is 0 Å². The average Bonchev–Trinajstić information content (AvgIpc) is 2.48. The van der Waals surface area contributed by atoms with E-state index in [9.17, 15) is 0 Å². The van der Waals surface area contributed by atoms with Crippen molar-refractivity contribution in [2.45, 2.75) is 20.8 Å². The van der Waals surface area contributed by atoms with Gasteiger partial charge in [-0.2, -0.15) is 0 Å². The Morgan fingerprint density at radius 1 is 1.50 bits per heavy atom. The van der Waals surface area contributed by atoms with Crippen molar-refractivity contribution < 1.29 is 9.26 Å². The Hall–Kier alpha value is -1.51. The van der Waals surface area contributed by atoms with Crippen LogP contribution in [-0.2, 0) is 4.74 Å². The summed E-state index contributed by atoms with van der Waals surface area (Å²) in [6.07, 6.45) is 1.68. The van der Waals surface area contributed by atoms with E-state index in [2.05, 4.69) is 11.7 Å². The number of hydrogen-bond acceptors (Lipinski definition) is 3. The van der Waals surface area contributed by atoms with Gasteiger partial charge in [0.15, 0.2) is 0 Å². The molecule has 0 atom stereocenters. The molecule has 0 amide bonds. The van der Waals surface area contributed by atoms with Gasteiger partial charge in [-0.05, 0) is 26.8 Å². The number of allylic oxidation sites excluding steroid dienone is 2. The van der Waals surface area contributed by atoms with E-state index < -0.39 is 0 Å². The molecule has 0 saturated heterocycles. The average molecular weight is 193 g/mol. The van der Waals surface area contributed by atoms with Crippen LogP contribution in [-0.4, -0.2) is 12.3 Å². The number of aryl methyl sites for hydroxylation is 2. The van der Waals surface area contributed by atoms with Crippen molar-refractivity contribution in [2.75, 3.05) is 7.11 Å². The highest BCUT2D eigenvalue weighted by molar-refractivity contribution is 5.70. The molecule has 1 aromatic heterocycles. The molecule has 0 unspecified atom stereocenters. The van der Waals surface area contributed by atoms with Gasteiger partial charge >= 0.3 is 0 Å². The Bertz CT molecular complexity index is 355. The molecule has 0 aliphatic heterocycles. The van der Waals surface area contributed by atoms with Crippen LogP contribution in [0, 0.1) is 13.8 Å². The van der Waals surface area contributed by atoms with Gasteiger partial charge in [-0.15, -0.1) is 0 Å². The molecule has 0 aromatic carbocycles. The minimum absolute atomic E-state index is 0.749. The maximum absolute atomic E-state index is 5.19. The molecule has 0 saturated carbocycles. The van der Waals surface area contributed by atoms with E-state index in [1.165, 1.54) is 0 Å². The summed E-state index contributed by atoms with van der Waals surface area (Å²) in [5.41, 5.74) is 2.87. The van der Waals surface area contributed by atoms with Crippen molar-refractivity contribution in [1.82, 2.24) is 5.16 Å². The highest BCUT2D eigenvalue weighted by Gasteiger charge is 2.13. The summed E-state index contributed by atoms with van der Waals surface area (Å²) >= 11 is 0. The zero-order valence-corrected chi connectivity index (χ0v) is 9.05. The number of aromatic nitrogens is 1. The maximum Gasteiger partial charge on any atom is 0.141 e. The lowest BCUT2D eigenvalue weighted by Crippen LogP contribution is -1.91. The van der Waals surface area contributed by atoms with E-state index in [4.69, 9.17) is 9.26 Å². The number of ether oxygens (including phenoxy) is 1. The Morgan fingerprint density at radius 2 is 2.14 bits per heavy atom. The molecule has 0 spiro atoms. The first-order chi connectivity index (χ1) is 6.61. The van der Waals surface area contributed by atoms with Crippen LogP contribution in [0.1, 0.15) is 23.9 Å². The largest absolute Gasteiger partial charge is 0.496 e. The number of rotatable bonds is 3. The van der Waals surface area contributed by atoms with Gasteiger partial charge in [0.1, 0.15) is 11.5 Å². The number of nitrogens with zero attached hydrogens (tertiary/aromatic N) is 1. The van der Waals surface area contributed by atoms with Crippen LogP contribution in [0.25, 0.3) is 5.57 Å². The third-order valence-electron chi connectivity index (χ3n) is 2.18. The smallest absolute Gasteiger partial charge is 0.141 e. The van der Waals surface area contributed by atoms with Gasteiger partial charge in [0.2, 0.25) is 0 Å². The highest BCUT2D eigenvalue weighted by atomic mass is 16.5. The van der Waals surface area contributed by atoms with Gasteiger partial charge in [-0.3, -0.25) is 0 Å². The first-order valence-corrected chi connectivity index (χ1v) is 4.42. The quantitative estimate of drug-likeness (QED) is 0.547. The van der Waals surface area contributed by atoms with E-state index in [0.29, 0.717) is 0 Å². The molecular formula is C11H15NO2. The molecule has 1 aromatic rings. The lowest BCUT2D eigenvalue weighted by Gasteiger charge is -2.06. The maximum atomic E-state index is 5.19. The fourth-order valence-electron chi connectivity index (χ4n) is 1.53. The molecular weight excluding hydrogens is 178 g/mol. The third kappa shape index (κ3) is 1.71. The molecule has 0 bridgehead atoms. The molecule has 0 aliphatic carbocycles. The van der Waals surface area contributed by atoms with Crippen molar-refractivity contribution in [3.05, 3.63) is 35.4 Å². The number of hydrogen-bond donors (Lipinski definition) is 0. The summed E-state index contributed by atoms with van der Waals surface area (Å²) in [6, 6.07) is 0. The Morgan fingerprint density at radius 3 is 2.50 bits per heavy atom. The second kappa shape index (κ2) is 4.13. The first kappa shape index (κ1) is 10.6. The standard InChI is InChI=1S/C11H15NO2/c1-6-10(13-5)7(2)11-8(3)12-14-9(11)4/h6H,1H2,2-5H3. The summed E-state index contributed by atoms with van der Waals surface area (Å²) in [5, 5.41) is 3.89. The van der Waals surface area contributed by atoms with Gasteiger partial charge in [-0.1, -0.05) is 11.7 Å². The third-order valence-corrected chi connectivity index (χ3v) is 2.18. The molecule has 76 valence electrons. The van der Waals surface area contributed by atoms with Gasteiger partial charge in [-0.25, -0.2) is 0 Å². The Labute approximate surface area is 84.1 Å². The van der Waals surface area contributed by atoms with Crippen LogP contribution in [0.15, 0.2) is 22.9 Å². The second-order valence-corrected chi connectivity index (χ2v) is 3.10. The van der Waals surface area contributed by atoms with Crippen LogP contribution >= 0.6 is 0 Å². The monoisotopic (exact) mass is 193 g/mol. The fourth-order valence-corrected chi connectivity index (χ4v) is 1.53. The fraction of sp³-hybridized carbons (Fsp3) is 0.364. The van der Waals surface area contributed by atoms with Crippen LogP contribution in [0.3, 0.4) is 0 Å². The van der Waals surface area contributed by atoms with Crippen LogP contribution in [0.5, 0.6) is 0 Å². The van der Waals surface area contributed by atoms with E-state index in [1.54, 1.807) is 13.2 Å². The van der Waals surface area contributed by atoms with Gasteiger partial charge in [0.25, 0.3) is 0 Å². The van der Waals surface area contributed by atoms with E-state index in [0.717, 1.165) is 28.3 Å². The predicted octanol–water partition coefficient (Wildman–Crippen LogP) is 2.85. The van der Waals surface area contributed by atoms with Gasteiger partial charge in [0, 0.05) is 11.1 Å². The summed E-state index contributed by atoms with van der Waals surface area (Å²) in [4.78, 5) is 0. The lowest BCUT2D eigenvalue weighted by atomic mass is 10.0. The molecule has 3 heteroatoms. The van der Waals surface area contributed by atoms with Crippen molar-refractivity contribution >= 4 is 5.57 Å². The van der Waals surface area contributed by atoms with Crippen molar-refractivity contribution in [3.63, 3.8) is 0 Å². The molecule has 1 heterocycles.